The first-order valence-corrected chi connectivity index (χ1v) is 8.57. The van der Waals surface area contributed by atoms with Gasteiger partial charge in [0.1, 0.15) is 17.2 Å². The molecule has 0 bridgehead atoms. The SMILES string of the molecule is Cc1nnc(CN2CCCC(COc3ncccc3C(F)(F)F)C2)n1C. The maximum atomic E-state index is 13.0. The van der Waals surface area contributed by atoms with Gasteiger partial charge in [-0.25, -0.2) is 4.98 Å². The third-order valence-electron chi connectivity index (χ3n) is 4.68. The van der Waals surface area contributed by atoms with E-state index in [-0.39, 0.29) is 18.4 Å². The Balaban J connectivity index is 1.59. The first-order valence-electron chi connectivity index (χ1n) is 8.57. The summed E-state index contributed by atoms with van der Waals surface area (Å²) in [5.41, 5.74) is -0.831. The molecule has 2 aromatic rings. The summed E-state index contributed by atoms with van der Waals surface area (Å²) in [7, 11) is 1.93. The maximum absolute atomic E-state index is 13.0. The first kappa shape index (κ1) is 18.6. The molecule has 0 aliphatic carbocycles. The second-order valence-electron chi connectivity index (χ2n) is 6.63. The molecule has 1 atom stereocenters. The fourth-order valence-corrected chi connectivity index (χ4v) is 3.14. The van der Waals surface area contributed by atoms with Gasteiger partial charge in [-0.3, -0.25) is 4.90 Å². The molecule has 0 amide bonds. The molecule has 6 nitrogen and oxygen atoms in total. The summed E-state index contributed by atoms with van der Waals surface area (Å²) in [6, 6.07) is 2.26. The highest BCUT2D eigenvalue weighted by Crippen LogP contribution is 2.35. The number of likely N-dealkylation sites (tertiary alicyclic amines) is 1. The molecule has 3 rings (SSSR count). The molecule has 142 valence electrons. The summed E-state index contributed by atoms with van der Waals surface area (Å²) in [6.45, 7) is 4.47. The van der Waals surface area contributed by atoms with Gasteiger partial charge in [-0.2, -0.15) is 13.2 Å². The van der Waals surface area contributed by atoms with Crippen molar-refractivity contribution in [2.24, 2.45) is 13.0 Å². The Hall–Kier alpha value is -2.16. The van der Waals surface area contributed by atoms with Crippen LogP contribution in [0.2, 0.25) is 0 Å². The average molecular weight is 369 g/mol. The molecule has 1 fully saturated rings. The van der Waals surface area contributed by atoms with Gasteiger partial charge in [-0.05, 0) is 38.4 Å². The van der Waals surface area contributed by atoms with Gasteiger partial charge in [0.05, 0.1) is 13.2 Å². The minimum Gasteiger partial charge on any atom is -0.477 e. The number of aromatic nitrogens is 4. The number of hydrogen-bond donors (Lipinski definition) is 0. The van der Waals surface area contributed by atoms with Crippen LogP contribution in [0.25, 0.3) is 0 Å². The standard InChI is InChI=1S/C17H22F3N5O/c1-12-22-23-15(24(12)2)10-25-8-4-5-13(9-25)11-26-16-14(17(18,19)20)6-3-7-21-16/h3,6-7,13H,4-5,8-11H2,1-2H3. The molecule has 0 saturated carbocycles. The molecule has 0 aromatic carbocycles. The number of aryl methyl sites for hydroxylation is 1. The number of rotatable bonds is 5. The van der Waals surface area contributed by atoms with E-state index in [0.717, 1.165) is 43.6 Å². The topological polar surface area (TPSA) is 56.1 Å². The lowest BCUT2D eigenvalue weighted by molar-refractivity contribution is -0.139. The summed E-state index contributed by atoms with van der Waals surface area (Å²) in [5.74, 6) is 1.54. The lowest BCUT2D eigenvalue weighted by Crippen LogP contribution is -2.38. The van der Waals surface area contributed by atoms with E-state index in [2.05, 4.69) is 20.1 Å². The van der Waals surface area contributed by atoms with Gasteiger partial charge in [-0.1, -0.05) is 0 Å². The zero-order valence-electron chi connectivity index (χ0n) is 14.8. The van der Waals surface area contributed by atoms with Gasteiger partial charge >= 0.3 is 6.18 Å². The normalized spacial score (nSPS) is 18.9. The van der Waals surface area contributed by atoms with Crippen molar-refractivity contribution in [1.82, 2.24) is 24.6 Å². The number of alkyl halides is 3. The highest BCUT2D eigenvalue weighted by molar-refractivity contribution is 5.28. The molecule has 1 saturated heterocycles. The van der Waals surface area contributed by atoms with Crippen molar-refractivity contribution >= 4 is 0 Å². The Kier molecular flexibility index (Phi) is 5.45. The van der Waals surface area contributed by atoms with E-state index >= 15 is 0 Å². The second-order valence-corrected chi connectivity index (χ2v) is 6.63. The van der Waals surface area contributed by atoms with Crippen LogP contribution >= 0.6 is 0 Å². The number of ether oxygens (including phenoxy) is 1. The predicted molar refractivity (Wildman–Crippen MR) is 88.5 cm³/mol. The van der Waals surface area contributed by atoms with E-state index in [9.17, 15) is 13.2 Å². The van der Waals surface area contributed by atoms with Gasteiger partial charge in [0, 0.05) is 25.7 Å². The summed E-state index contributed by atoms with van der Waals surface area (Å²) >= 11 is 0. The van der Waals surface area contributed by atoms with Gasteiger partial charge in [0.15, 0.2) is 0 Å². The molecule has 1 unspecified atom stereocenters. The van der Waals surface area contributed by atoms with Crippen LogP contribution < -0.4 is 4.74 Å². The van der Waals surface area contributed by atoms with Crippen LogP contribution in [0.1, 0.15) is 30.1 Å². The van der Waals surface area contributed by atoms with Crippen molar-refractivity contribution in [3.05, 3.63) is 35.5 Å². The zero-order valence-corrected chi connectivity index (χ0v) is 14.8. The Morgan fingerprint density at radius 2 is 2.12 bits per heavy atom. The smallest absolute Gasteiger partial charge is 0.421 e. The fourth-order valence-electron chi connectivity index (χ4n) is 3.14. The van der Waals surface area contributed by atoms with Crippen molar-refractivity contribution in [2.45, 2.75) is 32.5 Å². The van der Waals surface area contributed by atoms with E-state index in [4.69, 9.17) is 4.74 Å². The molecule has 26 heavy (non-hydrogen) atoms. The Labute approximate surface area is 150 Å². The minimum atomic E-state index is -4.47. The van der Waals surface area contributed by atoms with E-state index in [0.29, 0.717) is 6.54 Å². The van der Waals surface area contributed by atoms with Gasteiger partial charge in [0.25, 0.3) is 0 Å². The second kappa shape index (κ2) is 7.61. The molecule has 2 aromatic heterocycles. The van der Waals surface area contributed by atoms with Crippen LogP contribution in [0.5, 0.6) is 5.88 Å². The number of piperidine rings is 1. The summed E-state index contributed by atoms with van der Waals surface area (Å²) in [6.07, 6.45) is -1.26. The summed E-state index contributed by atoms with van der Waals surface area (Å²) in [5, 5.41) is 8.23. The van der Waals surface area contributed by atoms with Crippen molar-refractivity contribution in [1.29, 1.82) is 0 Å². The predicted octanol–water partition coefficient (Wildman–Crippen LogP) is 2.83. The molecule has 0 radical (unpaired) electrons. The van der Waals surface area contributed by atoms with Crippen LogP contribution in [-0.4, -0.2) is 44.3 Å². The quantitative estimate of drug-likeness (QED) is 0.811. The van der Waals surface area contributed by atoms with Crippen molar-refractivity contribution < 1.29 is 17.9 Å². The van der Waals surface area contributed by atoms with E-state index < -0.39 is 11.7 Å². The summed E-state index contributed by atoms with van der Waals surface area (Å²) < 4.78 is 46.4. The van der Waals surface area contributed by atoms with Crippen LogP contribution in [0.4, 0.5) is 13.2 Å². The van der Waals surface area contributed by atoms with Crippen LogP contribution in [0.3, 0.4) is 0 Å². The lowest BCUT2D eigenvalue weighted by Gasteiger charge is -2.32. The van der Waals surface area contributed by atoms with E-state index in [1.807, 2.05) is 18.5 Å². The van der Waals surface area contributed by atoms with Crippen molar-refractivity contribution in [2.75, 3.05) is 19.7 Å². The molecule has 3 heterocycles. The molecular formula is C17H22F3N5O. The third-order valence-corrected chi connectivity index (χ3v) is 4.68. The maximum Gasteiger partial charge on any atom is 0.421 e. The zero-order chi connectivity index (χ0) is 18.7. The lowest BCUT2D eigenvalue weighted by atomic mass is 9.99. The molecule has 1 aliphatic heterocycles. The largest absolute Gasteiger partial charge is 0.477 e. The number of nitrogens with zero attached hydrogens (tertiary/aromatic N) is 5. The number of hydrogen-bond acceptors (Lipinski definition) is 5. The number of pyridine rings is 1. The van der Waals surface area contributed by atoms with Crippen molar-refractivity contribution in [3.63, 3.8) is 0 Å². The van der Waals surface area contributed by atoms with Crippen LogP contribution in [0.15, 0.2) is 18.3 Å². The van der Waals surface area contributed by atoms with Crippen LogP contribution in [0, 0.1) is 12.8 Å². The monoisotopic (exact) mass is 369 g/mol. The average Bonchev–Trinajstić information content (AvgIpc) is 2.92. The Bertz CT molecular complexity index is 746. The summed E-state index contributed by atoms with van der Waals surface area (Å²) in [4.78, 5) is 5.99. The Morgan fingerprint density at radius 3 is 2.81 bits per heavy atom. The first-order chi connectivity index (χ1) is 12.3. The highest BCUT2D eigenvalue weighted by atomic mass is 19.4. The van der Waals surface area contributed by atoms with E-state index in [1.165, 1.54) is 12.3 Å². The molecule has 1 aliphatic rings. The molecule has 9 heteroatoms. The number of halogens is 3. The fraction of sp³-hybridized carbons (Fsp3) is 0.588. The van der Waals surface area contributed by atoms with Gasteiger partial charge < -0.3 is 9.30 Å². The minimum absolute atomic E-state index is 0.154. The van der Waals surface area contributed by atoms with E-state index in [1.54, 1.807) is 0 Å². The molecule has 0 N–H and O–H groups in total. The third kappa shape index (κ3) is 4.32. The highest BCUT2D eigenvalue weighted by Gasteiger charge is 2.35. The molecule has 0 spiro atoms. The molecular weight excluding hydrogens is 347 g/mol. The van der Waals surface area contributed by atoms with Crippen LogP contribution in [-0.2, 0) is 19.8 Å². The van der Waals surface area contributed by atoms with Crippen molar-refractivity contribution in [3.8, 4) is 5.88 Å². The van der Waals surface area contributed by atoms with Gasteiger partial charge in [0.2, 0.25) is 5.88 Å². The van der Waals surface area contributed by atoms with Gasteiger partial charge in [-0.15, -0.1) is 10.2 Å². The Morgan fingerprint density at radius 1 is 1.31 bits per heavy atom.